The molecule has 252 valence electrons. The topological polar surface area (TPSA) is 43.6 Å². The smallest absolute Gasteiger partial charge is 0.166 e. The van der Waals surface area contributed by atoms with Crippen molar-refractivity contribution in [3.63, 3.8) is 0 Å². The molecule has 0 atom stereocenters. The molecule has 0 fully saturated rings. The highest BCUT2D eigenvalue weighted by atomic mass is 32.1. The first kappa shape index (κ1) is 31.3. The van der Waals surface area contributed by atoms with Crippen LogP contribution in [0.5, 0.6) is 0 Å². The van der Waals surface area contributed by atoms with Gasteiger partial charge in [-0.2, -0.15) is 0 Å². The van der Waals surface area contributed by atoms with Crippen molar-refractivity contribution in [3.8, 4) is 51.0 Å². The predicted octanol–water partition coefficient (Wildman–Crippen LogP) is 12.7. The van der Waals surface area contributed by atoms with Crippen LogP contribution < -0.4 is 0 Å². The number of para-hydroxylation sites is 1. The van der Waals surface area contributed by atoms with Crippen molar-refractivity contribution in [3.05, 3.63) is 174 Å². The molecule has 0 amide bonds. The van der Waals surface area contributed by atoms with Gasteiger partial charge in [-0.05, 0) is 64.7 Å². The van der Waals surface area contributed by atoms with Crippen molar-refractivity contribution < 1.29 is 0 Å². The van der Waals surface area contributed by atoms with Gasteiger partial charge in [-0.25, -0.2) is 15.0 Å². The molecule has 3 heterocycles. The fourth-order valence-electron chi connectivity index (χ4n) is 8.11. The van der Waals surface area contributed by atoms with Gasteiger partial charge in [-0.1, -0.05) is 136 Å². The van der Waals surface area contributed by atoms with Crippen molar-refractivity contribution in [1.29, 1.82) is 0 Å². The summed E-state index contributed by atoms with van der Waals surface area (Å²) in [5, 5.41) is 3.59. The van der Waals surface area contributed by atoms with E-state index in [0.717, 1.165) is 37.3 Å². The Hall–Kier alpha value is -6.43. The number of allylic oxidation sites excluding steroid dienone is 2. The van der Waals surface area contributed by atoms with Crippen molar-refractivity contribution >= 4 is 49.3 Å². The number of benzene rings is 6. The fraction of sp³-hybridized carbons (Fsp3) is 0.0625. The van der Waals surface area contributed by atoms with Crippen molar-refractivity contribution in [2.24, 2.45) is 0 Å². The Kier molecular flexibility index (Phi) is 7.14. The summed E-state index contributed by atoms with van der Waals surface area (Å²) in [4.78, 5) is 16.4. The molecule has 0 saturated carbocycles. The quantitative estimate of drug-likeness (QED) is 0.162. The van der Waals surface area contributed by atoms with Gasteiger partial charge in [-0.15, -0.1) is 11.3 Å². The fourth-order valence-corrected chi connectivity index (χ4v) is 9.20. The first-order chi connectivity index (χ1) is 26.0. The Morgan fingerprint density at radius 3 is 1.98 bits per heavy atom. The van der Waals surface area contributed by atoms with Gasteiger partial charge in [0, 0.05) is 53.5 Å². The maximum absolute atomic E-state index is 5.18. The van der Waals surface area contributed by atoms with Gasteiger partial charge in [0.15, 0.2) is 17.5 Å². The van der Waals surface area contributed by atoms with Crippen LogP contribution in [0, 0.1) is 0 Å². The Morgan fingerprint density at radius 2 is 1.25 bits per heavy atom. The van der Waals surface area contributed by atoms with Gasteiger partial charge in [0.05, 0.1) is 11.0 Å². The minimum Gasteiger partial charge on any atom is -0.309 e. The van der Waals surface area contributed by atoms with Gasteiger partial charge < -0.3 is 4.57 Å². The number of nitrogens with zero attached hydrogens (tertiary/aromatic N) is 4. The lowest BCUT2D eigenvalue weighted by molar-refractivity contribution is 0.661. The second-order valence-electron chi connectivity index (χ2n) is 14.1. The van der Waals surface area contributed by atoms with Crippen LogP contribution in [0.4, 0.5) is 0 Å². The van der Waals surface area contributed by atoms with Gasteiger partial charge >= 0.3 is 0 Å². The van der Waals surface area contributed by atoms with Gasteiger partial charge in [0.2, 0.25) is 0 Å². The van der Waals surface area contributed by atoms with E-state index in [-0.39, 0.29) is 5.41 Å². The molecule has 1 aliphatic rings. The molecule has 0 unspecified atom stereocenters. The van der Waals surface area contributed by atoms with Crippen LogP contribution in [-0.2, 0) is 5.41 Å². The Morgan fingerprint density at radius 1 is 0.585 bits per heavy atom. The van der Waals surface area contributed by atoms with Gasteiger partial charge in [0.25, 0.3) is 0 Å². The second-order valence-corrected chi connectivity index (χ2v) is 15.2. The van der Waals surface area contributed by atoms with Gasteiger partial charge in [0.1, 0.15) is 0 Å². The summed E-state index contributed by atoms with van der Waals surface area (Å²) in [6, 6.07) is 49.6. The van der Waals surface area contributed by atoms with Crippen molar-refractivity contribution in [1.82, 2.24) is 19.5 Å². The van der Waals surface area contributed by atoms with E-state index in [1.165, 1.54) is 44.1 Å². The summed E-state index contributed by atoms with van der Waals surface area (Å²) >= 11 is 1.74. The second kappa shape index (κ2) is 12.1. The van der Waals surface area contributed by atoms with Crippen LogP contribution in [0.25, 0.3) is 88.9 Å². The predicted molar refractivity (Wildman–Crippen MR) is 223 cm³/mol. The zero-order chi connectivity index (χ0) is 35.7. The van der Waals surface area contributed by atoms with E-state index >= 15 is 0 Å². The number of rotatable bonds is 6. The Bertz CT molecular complexity index is 2870. The first-order valence-electron chi connectivity index (χ1n) is 17.9. The van der Waals surface area contributed by atoms with E-state index in [9.17, 15) is 0 Å². The third kappa shape index (κ3) is 4.92. The molecule has 0 bridgehead atoms. The molecular weight excluding hydrogens is 665 g/mol. The lowest BCUT2D eigenvalue weighted by Gasteiger charge is -2.21. The number of fused-ring (bicyclic) bond motifs is 7. The zero-order valence-corrected chi connectivity index (χ0v) is 30.2. The van der Waals surface area contributed by atoms with E-state index in [4.69, 9.17) is 15.0 Å². The van der Waals surface area contributed by atoms with E-state index in [1.807, 2.05) is 48.6 Å². The summed E-state index contributed by atoms with van der Waals surface area (Å²) in [5.41, 5.74) is 11.6. The highest BCUT2D eigenvalue weighted by Gasteiger charge is 2.36. The minimum atomic E-state index is -0.107. The number of aromatic nitrogens is 4. The van der Waals surface area contributed by atoms with E-state index in [1.54, 1.807) is 11.3 Å². The van der Waals surface area contributed by atoms with E-state index in [2.05, 4.69) is 134 Å². The molecule has 1 aliphatic carbocycles. The van der Waals surface area contributed by atoms with Crippen LogP contribution in [-0.4, -0.2) is 19.5 Å². The first-order valence-corrected chi connectivity index (χ1v) is 18.7. The van der Waals surface area contributed by atoms with Crippen LogP contribution in [0.15, 0.2) is 158 Å². The normalized spacial score (nSPS) is 13.2. The highest BCUT2D eigenvalue weighted by molar-refractivity contribution is 7.20. The number of hydrogen-bond donors (Lipinski definition) is 0. The molecule has 10 rings (SSSR count). The highest BCUT2D eigenvalue weighted by Crippen LogP contribution is 2.51. The molecular formula is C48H34N4S. The van der Waals surface area contributed by atoms with Crippen LogP contribution in [0.3, 0.4) is 0 Å². The lowest BCUT2D eigenvalue weighted by atomic mass is 9.82. The molecule has 0 N–H and O–H groups in total. The Labute approximate surface area is 312 Å². The largest absolute Gasteiger partial charge is 0.309 e. The SMILES string of the molecule is C=C/C=C\c1sc2ccc(-n3c4ccccc4c4cc5c(cc43)C(C)(C)c3ccccc3-5)cc2c1-c1nc(-c2ccccc2)nc(-c2ccccc2)n1. The minimum absolute atomic E-state index is 0.107. The molecule has 0 radical (unpaired) electrons. The monoisotopic (exact) mass is 698 g/mol. The molecule has 3 aromatic heterocycles. The molecule has 6 aromatic carbocycles. The molecule has 9 aromatic rings. The third-order valence-electron chi connectivity index (χ3n) is 10.6. The summed E-state index contributed by atoms with van der Waals surface area (Å²) in [6.07, 6.45) is 5.91. The van der Waals surface area contributed by atoms with Crippen LogP contribution in [0.1, 0.15) is 29.9 Å². The Balaban J connectivity index is 1.24. The average molecular weight is 699 g/mol. The maximum Gasteiger partial charge on any atom is 0.166 e. The van der Waals surface area contributed by atoms with E-state index in [0.29, 0.717) is 17.5 Å². The van der Waals surface area contributed by atoms with Crippen molar-refractivity contribution in [2.75, 3.05) is 0 Å². The lowest BCUT2D eigenvalue weighted by Crippen LogP contribution is -2.14. The number of hydrogen-bond acceptors (Lipinski definition) is 4. The van der Waals surface area contributed by atoms with Gasteiger partial charge in [-0.3, -0.25) is 0 Å². The van der Waals surface area contributed by atoms with Crippen LogP contribution >= 0.6 is 11.3 Å². The van der Waals surface area contributed by atoms with Crippen LogP contribution in [0.2, 0.25) is 0 Å². The summed E-state index contributed by atoms with van der Waals surface area (Å²) < 4.78 is 3.59. The van der Waals surface area contributed by atoms with Crippen molar-refractivity contribution in [2.45, 2.75) is 19.3 Å². The molecule has 0 aliphatic heterocycles. The standard InChI is InChI=1S/C48H34N4S/c1-4-5-24-43-44(47-50-45(30-16-8-6-9-17-30)49-46(51-47)31-18-10-7-11-19-31)37-27-32(25-26-42(37)53-43)52-40-23-15-13-21-34(40)36-28-35-33-20-12-14-22-38(33)48(2,3)39(35)29-41(36)52/h4-29H,1H2,2-3H3/b24-5-. The molecule has 4 nitrogen and oxygen atoms in total. The summed E-state index contributed by atoms with van der Waals surface area (Å²) in [6.45, 7) is 8.66. The van der Waals surface area contributed by atoms with E-state index < -0.39 is 0 Å². The molecule has 0 saturated heterocycles. The molecule has 5 heteroatoms. The number of thiophene rings is 1. The third-order valence-corrected chi connectivity index (χ3v) is 11.8. The summed E-state index contributed by atoms with van der Waals surface area (Å²) in [5.74, 6) is 1.93. The summed E-state index contributed by atoms with van der Waals surface area (Å²) in [7, 11) is 0. The zero-order valence-electron chi connectivity index (χ0n) is 29.4. The average Bonchev–Trinajstić information content (AvgIpc) is 3.81. The molecule has 53 heavy (non-hydrogen) atoms. The maximum atomic E-state index is 5.18. The molecule has 0 spiro atoms.